The fourth-order valence-electron chi connectivity index (χ4n) is 3.60. The Hall–Kier alpha value is -4.24. The van der Waals surface area contributed by atoms with Crippen molar-refractivity contribution < 1.29 is 23.8 Å². The summed E-state index contributed by atoms with van der Waals surface area (Å²) in [4.78, 5) is 32.2. The average molecular weight is 518 g/mol. The third-order valence-corrected chi connectivity index (χ3v) is 6.31. The molecule has 1 heterocycles. The molecule has 0 spiro atoms. The van der Waals surface area contributed by atoms with Gasteiger partial charge in [-0.15, -0.1) is 0 Å². The minimum absolute atomic E-state index is 0.0491. The maximum absolute atomic E-state index is 13.4. The monoisotopic (exact) mass is 517 g/mol. The molecule has 9 heteroatoms. The van der Waals surface area contributed by atoms with Crippen LogP contribution in [0.4, 0.5) is 11.4 Å². The lowest BCUT2D eigenvalue weighted by atomic mass is 10.2. The van der Waals surface area contributed by atoms with Crippen LogP contribution in [-0.4, -0.2) is 43.6 Å². The van der Waals surface area contributed by atoms with Crippen LogP contribution in [0.25, 0.3) is 6.08 Å². The van der Waals surface area contributed by atoms with Crippen LogP contribution in [0.3, 0.4) is 0 Å². The van der Waals surface area contributed by atoms with Crippen molar-refractivity contribution in [3.05, 3.63) is 84.1 Å². The molecule has 0 fully saturated rings. The van der Waals surface area contributed by atoms with Gasteiger partial charge in [0.25, 0.3) is 5.91 Å². The number of amidine groups is 1. The van der Waals surface area contributed by atoms with Gasteiger partial charge in [-0.05, 0) is 67.1 Å². The molecule has 190 valence electrons. The van der Waals surface area contributed by atoms with Gasteiger partial charge in [0.2, 0.25) is 5.91 Å². The maximum Gasteiger partial charge on any atom is 0.283 e. The molecule has 3 aromatic rings. The fraction of sp³-hybridized carbons (Fsp3) is 0.179. The van der Waals surface area contributed by atoms with E-state index in [1.54, 1.807) is 56.7 Å². The first kappa shape index (κ1) is 25.8. The number of hydrogen-bond donors (Lipinski definition) is 1. The number of methoxy groups -OCH3 is 2. The van der Waals surface area contributed by atoms with Crippen LogP contribution in [0.5, 0.6) is 17.2 Å². The van der Waals surface area contributed by atoms with Crippen molar-refractivity contribution in [2.75, 3.05) is 36.8 Å². The topological polar surface area (TPSA) is 89.5 Å². The first-order valence-electron chi connectivity index (χ1n) is 11.6. The second kappa shape index (κ2) is 12.1. The highest BCUT2D eigenvalue weighted by Crippen LogP contribution is 2.31. The molecule has 1 aliphatic rings. The average Bonchev–Trinajstić information content (AvgIpc) is 3.23. The van der Waals surface area contributed by atoms with Gasteiger partial charge < -0.3 is 19.5 Å². The van der Waals surface area contributed by atoms with Crippen LogP contribution < -0.4 is 24.4 Å². The minimum Gasteiger partial charge on any atom is -0.497 e. The lowest BCUT2D eigenvalue weighted by Gasteiger charge is -2.18. The Morgan fingerprint density at radius 3 is 2.35 bits per heavy atom. The van der Waals surface area contributed by atoms with Crippen molar-refractivity contribution in [1.29, 1.82) is 0 Å². The summed E-state index contributed by atoms with van der Waals surface area (Å²) in [6, 6.07) is 21.7. The minimum atomic E-state index is -0.285. The number of anilines is 2. The Morgan fingerprint density at radius 1 is 0.973 bits per heavy atom. The summed E-state index contributed by atoms with van der Waals surface area (Å²) in [6.45, 7) is 2.45. The molecule has 0 radical (unpaired) electrons. The first-order chi connectivity index (χ1) is 18.0. The second-order valence-electron chi connectivity index (χ2n) is 7.80. The molecule has 0 saturated carbocycles. The van der Waals surface area contributed by atoms with E-state index < -0.39 is 0 Å². The number of para-hydroxylation sites is 2. The van der Waals surface area contributed by atoms with Gasteiger partial charge >= 0.3 is 0 Å². The van der Waals surface area contributed by atoms with E-state index in [0.29, 0.717) is 34.6 Å². The van der Waals surface area contributed by atoms with Crippen molar-refractivity contribution >= 4 is 46.2 Å². The number of benzene rings is 3. The molecule has 0 atom stereocenters. The standard InChI is InChI=1S/C28H27N3O5S/c1-4-36-22-15-11-20(12-16-22)31-27(33)24(17-19-9-13-21(34-2)14-10-19)30-28(31)37-18-26(32)29-23-7-5-6-8-25(23)35-3/h5-17H,4,18H2,1-3H3,(H,29,32)/b24-17-. The Morgan fingerprint density at radius 2 is 1.68 bits per heavy atom. The Balaban J connectivity index is 1.57. The molecule has 8 nitrogen and oxygen atoms in total. The smallest absolute Gasteiger partial charge is 0.283 e. The van der Waals surface area contributed by atoms with Crippen molar-refractivity contribution in [1.82, 2.24) is 0 Å². The quantitative estimate of drug-likeness (QED) is 0.392. The number of rotatable bonds is 9. The first-order valence-corrected chi connectivity index (χ1v) is 12.6. The molecule has 0 bridgehead atoms. The SMILES string of the molecule is CCOc1ccc(N2C(=O)/C(=C/c3ccc(OC)cc3)N=C2SCC(=O)Nc2ccccc2OC)cc1. The molecule has 0 aliphatic carbocycles. The van der Waals surface area contributed by atoms with Crippen molar-refractivity contribution in [2.24, 2.45) is 4.99 Å². The van der Waals surface area contributed by atoms with Crippen LogP contribution in [0.2, 0.25) is 0 Å². The van der Waals surface area contributed by atoms with Crippen LogP contribution >= 0.6 is 11.8 Å². The molecular formula is C28H27N3O5S. The van der Waals surface area contributed by atoms with E-state index in [9.17, 15) is 9.59 Å². The van der Waals surface area contributed by atoms with Gasteiger partial charge in [0.1, 0.15) is 22.9 Å². The highest BCUT2D eigenvalue weighted by molar-refractivity contribution is 8.14. The van der Waals surface area contributed by atoms with Crippen LogP contribution in [0.1, 0.15) is 12.5 Å². The van der Waals surface area contributed by atoms with Crippen molar-refractivity contribution in [3.8, 4) is 17.2 Å². The van der Waals surface area contributed by atoms with E-state index in [-0.39, 0.29) is 23.3 Å². The van der Waals surface area contributed by atoms with Gasteiger partial charge in [-0.2, -0.15) is 0 Å². The molecule has 1 aliphatic heterocycles. The molecule has 2 amide bonds. The number of aliphatic imine (C=N–C) groups is 1. The number of hydrogen-bond acceptors (Lipinski definition) is 7. The summed E-state index contributed by atoms with van der Waals surface area (Å²) in [5.41, 5.74) is 2.28. The third kappa shape index (κ3) is 6.31. The molecule has 0 aromatic heterocycles. The summed E-state index contributed by atoms with van der Waals surface area (Å²) in [5, 5.41) is 3.25. The number of carbonyl (C=O) groups is 2. The number of nitrogens with zero attached hydrogens (tertiary/aromatic N) is 2. The van der Waals surface area contributed by atoms with E-state index in [2.05, 4.69) is 10.3 Å². The lowest BCUT2D eigenvalue weighted by molar-refractivity contribution is -0.114. The number of amides is 2. The summed E-state index contributed by atoms with van der Waals surface area (Å²) in [7, 11) is 3.14. The van der Waals surface area contributed by atoms with Gasteiger partial charge in [0.05, 0.1) is 38.0 Å². The number of ether oxygens (including phenoxy) is 3. The van der Waals surface area contributed by atoms with Crippen molar-refractivity contribution in [2.45, 2.75) is 6.92 Å². The molecule has 0 unspecified atom stereocenters. The molecule has 1 N–H and O–H groups in total. The summed E-state index contributed by atoms with van der Waals surface area (Å²) >= 11 is 1.18. The van der Waals surface area contributed by atoms with Crippen LogP contribution in [-0.2, 0) is 9.59 Å². The number of nitrogens with one attached hydrogen (secondary N) is 1. The Kier molecular flexibility index (Phi) is 8.48. The van der Waals surface area contributed by atoms with Crippen LogP contribution in [0, 0.1) is 0 Å². The summed E-state index contributed by atoms with van der Waals surface area (Å²) in [6.07, 6.45) is 1.71. The lowest BCUT2D eigenvalue weighted by Crippen LogP contribution is -2.31. The van der Waals surface area contributed by atoms with E-state index in [0.717, 1.165) is 11.3 Å². The van der Waals surface area contributed by atoms with Gasteiger partial charge in [0, 0.05) is 0 Å². The third-order valence-electron chi connectivity index (χ3n) is 5.37. The Bertz CT molecular complexity index is 1320. The highest BCUT2D eigenvalue weighted by Gasteiger charge is 2.32. The van der Waals surface area contributed by atoms with E-state index in [4.69, 9.17) is 14.2 Å². The predicted octanol–water partition coefficient (Wildman–Crippen LogP) is 5.22. The van der Waals surface area contributed by atoms with E-state index in [1.807, 2.05) is 43.3 Å². The molecule has 3 aromatic carbocycles. The highest BCUT2D eigenvalue weighted by atomic mass is 32.2. The summed E-state index contributed by atoms with van der Waals surface area (Å²) < 4.78 is 16.0. The van der Waals surface area contributed by atoms with Crippen LogP contribution in [0.15, 0.2) is 83.5 Å². The molecule has 37 heavy (non-hydrogen) atoms. The summed E-state index contributed by atoms with van der Waals surface area (Å²) in [5.74, 6) is 1.51. The van der Waals surface area contributed by atoms with Gasteiger partial charge in [-0.1, -0.05) is 36.0 Å². The van der Waals surface area contributed by atoms with Gasteiger partial charge in [0.15, 0.2) is 5.17 Å². The zero-order valence-corrected chi connectivity index (χ0v) is 21.6. The van der Waals surface area contributed by atoms with Gasteiger partial charge in [-0.3, -0.25) is 14.5 Å². The zero-order chi connectivity index (χ0) is 26.2. The van der Waals surface area contributed by atoms with Crippen molar-refractivity contribution in [3.63, 3.8) is 0 Å². The number of carbonyl (C=O) groups excluding carboxylic acids is 2. The molecule has 0 saturated heterocycles. The fourth-order valence-corrected chi connectivity index (χ4v) is 4.41. The number of thioether (sulfide) groups is 1. The van der Waals surface area contributed by atoms with Gasteiger partial charge in [-0.25, -0.2) is 4.99 Å². The molecule has 4 rings (SSSR count). The predicted molar refractivity (Wildman–Crippen MR) is 148 cm³/mol. The zero-order valence-electron chi connectivity index (χ0n) is 20.8. The van der Waals surface area contributed by atoms with E-state index >= 15 is 0 Å². The molecular weight excluding hydrogens is 490 g/mol. The van der Waals surface area contributed by atoms with E-state index in [1.165, 1.54) is 16.7 Å². The second-order valence-corrected chi connectivity index (χ2v) is 8.74. The maximum atomic E-state index is 13.4. The Labute approximate surface area is 219 Å². The normalized spacial score (nSPS) is 13.9. The largest absolute Gasteiger partial charge is 0.497 e.